The molecular weight excluding hydrogens is 646 g/mol. The summed E-state index contributed by atoms with van der Waals surface area (Å²) in [6, 6.07) is 5.40. The van der Waals surface area contributed by atoms with Gasteiger partial charge in [0, 0.05) is 43.5 Å². The Morgan fingerprint density at radius 1 is 0.776 bits per heavy atom. The van der Waals surface area contributed by atoms with Crippen LogP contribution >= 0.6 is 11.8 Å². The first-order valence-electron chi connectivity index (χ1n) is 17.5. The standard InChI is InChI=1S/C33H53N5O7S.C3H8/c1-22(2)28(39)11-6-7-12-29(40)34-18-9-8-10-27(33(44)45)37-30(41)21-36-32(43)26(17-19-46-5)38-31(42)25-15-13-24(14-16-25)20-35-23(3)4;1-3-2/h13-16,22-23,26-27,35H,6-12,17-21H2,1-5H3,(H,34,40)(H,36,43)(H,37,41)(H,38,42)(H,44,45);3H2,1-2H3. The van der Waals surface area contributed by atoms with Crippen LogP contribution in [0.3, 0.4) is 0 Å². The first-order chi connectivity index (χ1) is 23.2. The molecule has 2 unspecified atom stereocenters. The number of benzene rings is 1. The van der Waals surface area contributed by atoms with Gasteiger partial charge < -0.3 is 31.7 Å². The Hall–Kier alpha value is -3.45. The van der Waals surface area contributed by atoms with Gasteiger partial charge >= 0.3 is 5.97 Å². The molecule has 49 heavy (non-hydrogen) atoms. The highest BCUT2D eigenvalue weighted by Crippen LogP contribution is 2.09. The number of hydrogen-bond acceptors (Lipinski definition) is 8. The number of ketones is 1. The molecule has 0 spiro atoms. The number of carboxylic acids is 1. The molecule has 0 radical (unpaired) electrons. The van der Waals surface area contributed by atoms with E-state index in [1.807, 2.05) is 46.1 Å². The van der Waals surface area contributed by atoms with Crippen molar-refractivity contribution in [2.24, 2.45) is 5.92 Å². The lowest BCUT2D eigenvalue weighted by Crippen LogP contribution is -2.51. The van der Waals surface area contributed by atoms with Crippen molar-refractivity contribution in [2.75, 3.05) is 25.1 Å². The third-order valence-electron chi connectivity index (χ3n) is 7.18. The lowest BCUT2D eigenvalue weighted by Gasteiger charge is -2.19. The summed E-state index contributed by atoms with van der Waals surface area (Å²) in [7, 11) is 0. The van der Waals surface area contributed by atoms with Crippen LogP contribution in [0.1, 0.15) is 115 Å². The third-order valence-corrected chi connectivity index (χ3v) is 7.83. The lowest BCUT2D eigenvalue weighted by molar-refractivity contribution is -0.142. The predicted molar refractivity (Wildman–Crippen MR) is 196 cm³/mol. The molecule has 6 N–H and O–H groups in total. The molecule has 0 aliphatic rings. The van der Waals surface area contributed by atoms with E-state index in [9.17, 15) is 33.9 Å². The second-order valence-electron chi connectivity index (χ2n) is 12.6. The topological polar surface area (TPSA) is 183 Å². The van der Waals surface area contributed by atoms with Crippen molar-refractivity contribution in [1.29, 1.82) is 0 Å². The van der Waals surface area contributed by atoms with Crippen LogP contribution in [-0.4, -0.2) is 83.7 Å². The summed E-state index contributed by atoms with van der Waals surface area (Å²) in [6.07, 6.45) is 6.71. The second-order valence-corrected chi connectivity index (χ2v) is 13.6. The van der Waals surface area contributed by atoms with E-state index >= 15 is 0 Å². The van der Waals surface area contributed by atoms with E-state index in [4.69, 9.17) is 0 Å². The van der Waals surface area contributed by atoms with Crippen LogP contribution in [0, 0.1) is 5.92 Å². The van der Waals surface area contributed by atoms with E-state index < -0.39 is 42.3 Å². The van der Waals surface area contributed by atoms with Crippen LogP contribution in [0.25, 0.3) is 0 Å². The largest absolute Gasteiger partial charge is 0.480 e. The Kier molecular flexibility index (Phi) is 25.5. The highest BCUT2D eigenvalue weighted by Gasteiger charge is 2.24. The molecule has 0 aliphatic carbocycles. The van der Waals surface area contributed by atoms with Crippen molar-refractivity contribution in [3.05, 3.63) is 35.4 Å². The molecule has 0 saturated carbocycles. The van der Waals surface area contributed by atoms with Crippen LogP contribution in [0.4, 0.5) is 0 Å². The maximum atomic E-state index is 12.9. The maximum Gasteiger partial charge on any atom is 0.326 e. The van der Waals surface area contributed by atoms with Gasteiger partial charge in [-0.3, -0.25) is 24.0 Å². The van der Waals surface area contributed by atoms with E-state index in [1.54, 1.807) is 12.1 Å². The van der Waals surface area contributed by atoms with Gasteiger partial charge in [0.25, 0.3) is 5.91 Å². The average molecular weight is 708 g/mol. The number of carbonyl (C=O) groups excluding carboxylic acids is 5. The van der Waals surface area contributed by atoms with Crippen LogP contribution in [0.5, 0.6) is 0 Å². The number of carboxylic acid groups (broad SMARTS) is 1. The highest BCUT2D eigenvalue weighted by atomic mass is 32.2. The van der Waals surface area contributed by atoms with Crippen molar-refractivity contribution in [3.63, 3.8) is 0 Å². The fourth-order valence-corrected chi connectivity index (χ4v) is 4.77. The van der Waals surface area contributed by atoms with Gasteiger partial charge in [-0.05, 0) is 68.2 Å². The second kappa shape index (κ2) is 27.4. The summed E-state index contributed by atoms with van der Waals surface area (Å²) >= 11 is 1.52. The number of thioether (sulfide) groups is 1. The van der Waals surface area contributed by atoms with Gasteiger partial charge in [-0.1, -0.05) is 60.1 Å². The minimum Gasteiger partial charge on any atom is -0.480 e. The number of unbranched alkanes of at least 4 members (excludes halogenated alkanes) is 2. The van der Waals surface area contributed by atoms with Crippen LogP contribution in [0.15, 0.2) is 24.3 Å². The molecular formula is C36H61N5O7S. The van der Waals surface area contributed by atoms with Crippen LogP contribution in [0.2, 0.25) is 0 Å². The SMILES string of the molecule is CCC.CSCCC(NC(=O)c1ccc(CNC(C)C)cc1)C(=O)NCC(=O)NC(CCCCNC(=O)CCCCC(=O)C(C)C)C(=O)O. The predicted octanol–water partition coefficient (Wildman–Crippen LogP) is 4.21. The highest BCUT2D eigenvalue weighted by molar-refractivity contribution is 7.98. The van der Waals surface area contributed by atoms with Crippen LogP contribution < -0.4 is 26.6 Å². The van der Waals surface area contributed by atoms with Crippen molar-refractivity contribution in [3.8, 4) is 0 Å². The Bertz CT molecular complexity index is 1150. The van der Waals surface area contributed by atoms with Crippen molar-refractivity contribution < 1.29 is 33.9 Å². The van der Waals surface area contributed by atoms with Gasteiger partial charge in [0.2, 0.25) is 17.7 Å². The number of rotatable bonds is 24. The molecule has 12 nitrogen and oxygen atoms in total. The van der Waals surface area contributed by atoms with E-state index in [0.29, 0.717) is 75.4 Å². The number of carbonyl (C=O) groups is 6. The van der Waals surface area contributed by atoms with Crippen LogP contribution in [-0.2, 0) is 30.5 Å². The van der Waals surface area contributed by atoms with E-state index in [1.165, 1.54) is 18.2 Å². The molecule has 0 fully saturated rings. The van der Waals surface area contributed by atoms with Gasteiger partial charge in [-0.2, -0.15) is 11.8 Å². The molecule has 0 heterocycles. The molecule has 13 heteroatoms. The minimum absolute atomic E-state index is 0.000405. The normalized spacial score (nSPS) is 11.9. The van der Waals surface area contributed by atoms with Gasteiger partial charge in [0.1, 0.15) is 17.9 Å². The smallest absolute Gasteiger partial charge is 0.326 e. The number of amides is 4. The monoisotopic (exact) mass is 707 g/mol. The van der Waals surface area contributed by atoms with E-state index in [0.717, 1.165) is 5.56 Å². The van der Waals surface area contributed by atoms with E-state index in [-0.39, 0.29) is 24.0 Å². The first kappa shape index (κ1) is 45.6. The summed E-state index contributed by atoms with van der Waals surface area (Å²) < 4.78 is 0. The molecule has 1 aromatic rings. The molecule has 2 atom stereocenters. The molecule has 4 amide bonds. The molecule has 0 aromatic heterocycles. The lowest BCUT2D eigenvalue weighted by atomic mass is 10.0. The van der Waals surface area contributed by atoms with E-state index in [2.05, 4.69) is 40.4 Å². The fourth-order valence-electron chi connectivity index (χ4n) is 4.30. The van der Waals surface area contributed by atoms with Crippen molar-refractivity contribution in [1.82, 2.24) is 26.6 Å². The average Bonchev–Trinajstić information content (AvgIpc) is 3.05. The number of aliphatic carboxylic acids is 1. The maximum absolute atomic E-state index is 12.9. The Morgan fingerprint density at radius 3 is 1.98 bits per heavy atom. The number of hydrogen-bond donors (Lipinski definition) is 6. The Labute approximate surface area is 297 Å². The summed E-state index contributed by atoms with van der Waals surface area (Å²) in [6.45, 7) is 12.7. The molecule has 0 bridgehead atoms. The molecule has 278 valence electrons. The Morgan fingerprint density at radius 2 is 1.41 bits per heavy atom. The van der Waals surface area contributed by atoms with Gasteiger partial charge in [-0.15, -0.1) is 0 Å². The quantitative estimate of drug-likeness (QED) is 0.0858. The summed E-state index contributed by atoms with van der Waals surface area (Å²) in [5, 5.41) is 23.3. The summed E-state index contributed by atoms with van der Waals surface area (Å²) in [5.41, 5.74) is 1.43. The minimum atomic E-state index is -1.20. The molecule has 1 aromatic carbocycles. The molecule has 1 rings (SSSR count). The zero-order chi connectivity index (χ0) is 37.2. The molecule has 0 aliphatic heterocycles. The van der Waals surface area contributed by atoms with Crippen molar-refractivity contribution >= 4 is 47.1 Å². The Balaban J connectivity index is 0.00000738. The fraction of sp³-hybridized carbons (Fsp3) is 0.667. The first-order valence-corrected chi connectivity index (χ1v) is 18.9. The zero-order valence-electron chi connectivity index (χ0n) is 30.6. The number of nitrogens with one attached hydrogen (secondary N) is 5. The summed E-state index contributed by atoms with van der Waals surface area (Å²) in [4.78, 5) is 73.6. The van der Waals surface area contributed by atoms with Gasteiger partial charge in [-0.25, -0.2) is 4.79 Å². The zero-order valence-corrected chi connectivity index (χ0v) is 31.4. The third kappa shape index (κ3) is 22.7. The number of Topliss-reactive ketones (excluding diaryl/α,β-unsaturated/α-hetero) is 1. The summed E-state index contributed by atoms with van der Waals surface area (Å²) in [5.74, 6) is -2.13. The van der Waals surface area contributed by atoms with Gasteiger partial charge in [0.15, 0.2) is 0 Å². The van der Waals surface area contributed by atoms with Gasteiger partial charge in [0.05, 0.1) is 6.54 Å². The molecule has 0 saturated heterocycles. The van der Waals surface area contributed by atoms with Crippen molar-refractivity contribution in [2.45, 2.75) is 124 Å².